The van der Waals surface area contributed by atoms with Gasteiger partial charge in [-0.15, -0.1) is 0 Å². The third kappa shape index (κ3) is 1.55. The van der Waals surface area contributed by atoms with E-state index in [1.165, 1.54) is 7.11 Å². The molecule has 0 N–H and O–H groups in total. The van der Waals surface area contributed by atoms with Gasteiger partial charge in [0.25, 0.3) is 5.91 Å². The maximum Gasteiger partial charge on any atom is 0.259 e. The molecule has 0 radical (unpaired) electrons. The van der Waals surface area contributed by atoms with E-state index in [-0.39, 0.29) is 11.9 Å². The number of hydrogen-bond donors (Lipinski definition) is 0. The van der Waals surface area contributed by atoms with Crippen LogP contribution in [0.15, 0.2) is 18.2 Å². The van der Waals surface area contributed by atoms with Crippen molar-refractivity contribution in [3.8, 4) is 11.8 Å². The third-order valence-corrected chi connectivity index (χ3v) is 2.98. The molecule has 0 bridgehead atoms. The Kier molecular flexibility index (Phi) is 2.76. The number of nitrogens with zero attached hydrogens (tertiary/aromatic N) is 2. The van der Waals surface area contributed by atoms with E-state index in [1.54, 1.807) is 17.0 Å². The number of ether oxygens (including phenoxy) is 1. The van der Waals surface area contributed by atoms with E-state index in [2.05, 4.69) is 6.07 Å². The highest BCUT2D eigenvalue weighted by Crippen LogP contribution is 2.39. The average molecular weight is 230 g/mol. The second-order valence-electron chi connectivity index (χ2n) is 4.26. The van der Waals surface area contributed by atoms with E-state index in [9.17, 15) is 10.1 Å². The molecule has 0 aliphatic carbocycles. The lowest BCUT2D eigenvalue weighted by Crippen LogP contribution is -2.33. The van der Waals surface area contributed by atoms with Crippen molar-refractivity contribution < 1.29 is 9.53 Å². The Hall–Kier alpha value is -2.02. The molecule has 0 aromatic heterocycles. The summed E-state index contributed by atoms with van der Waals surface area (Å²) < 4.78 is 5.19. The van der Waals surface area contributed by atoms with Crippen LogP contribution in [0.1, 0.15) is 35.8 Å². The molecule has 1 aromatic carbocycles. The van der Waals surface area contributed by atoms with Crippen molar-refractivity contribution in [3.05, 3.63) is 29.3 Å². The quantitative estimate of drug-likeness (QED) is 0.782. The molecular formula is C13H14N2O2. The summed E-state index contributed by atoms with van der Waals surface area (Å²) in [5.41, 5.74) is 1.26. The summed E-state index contributed by atoms with van der Waals surface area (Å²) in [4.78, 5) is 13.9. The number of carbonyl (C=O) groups excluding carboxylic acids is 1. The van der Waals surface area contributed by atoms with E-state index in [0.29, 0.717) is 11.3 Å². The zero-order valence-electron chi connectivity index (χ0n) is 10.1. The lowest BCUT2D eigenvalue weighted by Gasteiger charge is -2.24. The van der Waals surface area contributed by atoms with Crippen molar-refractivity contribution in [2.24, 2.45) is 0 Å². The molecule has 4 nitrogen and oxygen atoms in total. The predicted octanol–water partition coefficient (Wildman–Crippen LogP) is 2.12. The van der Waals surface area contributed by atoms with Crippen LogP contribution in [0.3, 0.4) is 0 Å². The second kappa shape index (κ2) is 4.10. The van der Waals surface area contributed by atoms with Gasteiger partial charge in [0.2, 0.25) is 0 Å². The number of amides is 1. The fourth-order valence-electron chi connectivity index (χ4n) is 2.24. The SMILES string of the molecule is COc1cccc2c1C(=O)N(C(C)C)C2C#N. The van der Waals surface area contributed by atoms with Crippen LogP contribution in [0.5, 0.6) is 5.75 Å². The van der Waals surface area contributed by atoms with Crippen LogP contribution in [0.25, 0.3) is 0 Å². The van der Waals surface area contributed by atoms with Crippen LogP contribution in [0.4, 0.5) is 0 Å². The first-order valence-electron chi connectivity index (χ1n) is 5.51. The molecule has 0 saturated heterocycles. The minimum absolute atomic E-state index is 0.00995. The Morgan fingerprint density at radius 2 is 2.18 bits per heavy atom. The van der Waals surface area contributed by atoms with E-state index >= 15 is 0 Å². The largest absolute Gasteiger partial charge is 0.496 e. The maximum absolute atomic E-state index is 12.3. The highest BCUT2D eigenvalue weighted by molar-refractivity contribution is 6.02. The normalized spacial score (nSPS) is 18.2. The molecule has 1 atom stereocenters. The molecule has 1 unspecified atom stereocenters. The zero-order chi connectivity index (χ0) is 12.6. The predicted molar refractivity (Wildman–Crippen MR) is 62.7 cm³/mol. The van der Waals surface area contributed by atoms with Crippen LogP contribution in [0, 0.1) is 11.3 Å². The van der Waals surface area contributed by atoms with E-state index in [0.717, 1.165) is 5.56 Å². The fourth-order valence-corrected chi connectivity index (χ4v) is 2.24. The summed E-state index contributed by atoms with van der Waals surface area (Å²) in [6.45, 7) is 3.81. The van der Waals surface area contributed by atoms with Crippen LogP contribution in [-0.2, 0) is 0 Å². The van der Waals surface area contributed by atoms with Gasteiger partial charge in [-0.3, -0.25) is 4.79 Å². The van der Waals surface area contributed by atoms with Gasteiger partial charge in [-0.1, -0.05) is 12.1 Å². The molecule has 1 heterocycles. The number of nitriles is 1. The third-order valence-electron chi connectivity index (χ3n) is 2.98. The Bertz CT molecular complexity index is 503. The monoisotopic (exact) mass is 230 g/mol. The fraction of sp³-hybridized carbons (Fsp3) is 0.385. The first-order valence-corrected chi connectivity index (χ1v) is 5.51. The summed E-state index contributed by atoms with van der Waals surface area (Å²) >= 11 is 0. The Balaban J connectivity index is 2.61. The van der Waals surface area contributed by atoms with Crippen LogP contribution < -0.4 is 4.74 Å². The smallest absolute Gasteiger partial charge is 0.259 e. The molecule has 1 amide bonds. The van der Waals surface area contributed by atoms with Crippen molar-refractivity contribution in [2.75, 3.05) is 7.11 Å². The molecule has 1 aliphatic rings. The second-order valence-corrected chi connectivity index (χ2v) is 4.26. The van der Waals surface area contributed by atoms with Crippen molar-refractivity contribution >= 4 is 5.91 Å². The lowest BCUT2D eigenvalue weighted by atomic mass is 10.0. The molecule has 4 heteroatoms. The maximum atomic E-state index is 12.3. The molecule has 0 saturated carbocycles. The Labute approximate surface area is 100 Å². The highest BCUT2D eigenvalue weighted by Gasteiger charge is 2.40. The van der Waals surface area contributed by atoms with Crippen LogP contribution >= 0.6 is 0 Å². The van der Waals surface area contributed by atoms with Gasteiger partial charge in [-0.05, 0) is 19.9 Å². The summed E-state index contributed by atoms with van der Waals surface area (Å²) in [7, 11) is 1.53. The highest BCUT2D eigenvalue weighted by atomic mass is 16.5. The van der Waals surface area contributed by atoms with Crippen molar-refractivity contribution in [1.82, 2.24) is 4.90 Å². The molecule has 88 valence electrons. The molecule has 17 heavy (non-hydrogen) atoms. The van der Waals surface area contributed by atoms with Crippen LogP contribution in [-0.4, -0.2) is 24.0 Å². The van der Waals surface area contributed by atoms with Gasteiger partial charge in [0.15, 0.2) is 0 Å². The molecular weight excluding hydrogens is 216 g/mol. The minimum Gasteiger partial charge on any atom is -0.496 e. The van der Waals surface area contributed by atoms with Gasteiger partial charge < -0.3 is 9.64 Å². The average Bonchev–Trinajstić information content (AvgIpc) is 2.62. The molecule has 0 spiro atoms. The number of hydrogen-bond acceptors (Lipinski definition) is 3. The number of benzene rings is 1. The zero-order valence-corrected chi connectivity index (χ0v) is 10.1. The topological polar surface area (TPSA) is 53.3 Å². The molecule has 1 aliphatic heterocycles. The standard InChI is InChI=1S/C13H14N2O2/c1-8(2)15-10(7-14)9-5-4-6-11(17-3)12(9)13(15)16/h4-6,8,10H,1-3H3. The first kappa shape index (κ1) is 11.5. The van der Waals surface area contributed by atoms with Crippen molar-refractivity contribution in [2.45, 2.75) is 25.9 Å². The lowest BCUT2D eigenvalue weighted by molar-refractivity contribution is 0.0702. The van der Waals surface area contributed by atoms with E-state index < -0.39 is 6.04 Å². The van der Waals surface area contributed by atoms with Gasteiger partial charge in [-0.25, -0.2) is 0 Å². The van der Waals surface area contributed by atoms with Gasteiger partial charge in [0.05, 0.1) is 18.7 Å². The Morgan fingerprint density at radius 3 is 2.71 bits per heavy atom. The molecule has 2 rings (SSSR count). The number of rotatable bonds is 2. The van der Waals surface area contributed by atoms with Crippen molar-refractivity contribution in [3.63, 3.8) is 0 Å². The van der Waals surface area contributed by atoms with E-state index in [4.69, 9.17) is 4.74 Å². The van der Waals surface area contributed by atoms with Gasteiger partial charge in [0.1, 0.15) is 11.8 Å². The first-order chi connectivity index (χ1) is 8.11. The molecule has 0 fully saturated rings. The van der Waals surface area contributed by atoms with Crippen LogP contribution in [0.2, 0.25) is 0 Å². The van der Waals surface area contributed by atoms with Gasteiger partial charge >= 0.3 is 0 Å². The number of fused-ring (bicyclic) bond motifs is 1. The minimum atomic E-state index is -0.507. The van der Waals surface area contributed by atoms with Gasteiger partial charge in [0, 0.05) is 11.6 Å². The van der Waals surface area contributed by atoms with Crippen molar-refractivity contribution in [1.29, 1.82) is 5.26 Å². The summed E-state index contributed by atoms with van der Waals surface area (Å²) in [6, 6.07) is 7.03. The summed E-state index contributed by atoms with van der Waals surface area (Å²) in [5.74, 6) is 0.412. The number of methoxy groups -OCH3 is 1. The van der Waals surface area contributed by atoms with Gasteiger partial charge in [-0.2, -0.15) is 5.26 Å². The Morgan fingerprint density at radius 1 is 1.47 bits per heavy atom. The summed E-state index contributed by atoms with van der Waals surface area (Å²) in [5, 5.41) is 9.23. The number of carbonyl (C=O) groups is 1. The summed E-state index contributed by atoms with van der Waals surface area (Å²) in [6.07, 6.45) is 0. The molecule has 1 aromatic rings. The van der Waals surface area contributed by atoms with E-state index in [1.807, 2.05) is 19.9 Å².